The summed E-state index contributed by atoms with van der Waals surface area (Å²) in [5.74, 6) is 0. The third-order valence-corrected chi connectivity index (χ3v) is 3.73. The van der Waals surface area contributed by atoms with Crippen LogP contribution in [0.3, 0.4) is 0 Å². The summed E-state index contributed by atoms with van der Waals surface area (Å²) in [5.41, 5.74) is 0.680. The van der Waals surface area contributed by atoms with Crippen molar-refractivity contribution in [3.05, 3.63) is 0 Å². The third-order valence-electron chi connectivity index (χ3n) is 3.73. The molecule has 0 aliphatic carbocycles. The van der Waals surface area contributed by atoms with Gasteiger partial charge in [-0.05, 0) is 51.7 Å². The van der Waals surface area contributed by atoms with Gasteiger partial charge in [0.15, 0.2) is 0 Å². The predicted molar refractivity (Wildman–Crippen MR) is 51.2 cm³/mol. The van der Waals surface area contributed by atoms with Gasteiger partial charge in [-0.25, -0.2) is 0 Å². The van der Waals surface area contributed by atoms with Gasteiger partial charge in [-0.1, -0.05) is 0 Å². The predicted octanol–water partition coefficient (Wildman–Crippen LogP) is 1.08. The minimum absolute atomic E-state index is 0.680. The lowest BCUT2D eigenvalue weighted by Crippen LogP contribution is -2.38. The van der Waals surface area contributed by atoms with Crippen molar-refractivity contribution in [2.24, 2.45) is 5.41 Å². The molecule has 0 amide bonds. The first kappa shape index (κ1) is 8.52. The minimum atomic E-state index is 0.680. The molecule has 1 spiro atoms. The Balaban J connectivity index is 2.02. The van der Waals surface area contributed by atoms with Crippen molar-refractivity contribution < 1.29 is 0 Å². The first-order valence-electron chi connectivity index (χ1n) is 5.13. The topological polar surface area (TPSA) is 15.3 Å². The number of rotatable bonds is 0. The summed E-state index contributed by atoms with van der Waals surface area (Å²) < 4.78 is 0. The van der Waals surface area contributed by atoms with Crippen molar-refractivity contribution in [3.63, 3.8) is 0 Å². The Bertz CT molecular complexity index is 149. The summed E-state index contributed by atoms with van der Waals surface area (Å²) in [7, 11) is 2.27. The van der Waals surface area contributed by atoms with E-state index in [1.54, 1.807) is 0 Å². The SMILES string of the molecule is CC1CC2(CCNCC2)CN1C. The van der Waals surface area contributed by atoms with E-state index in [0.29, 0.717) is 5.41 Å². The monoisotopic (exact) mass is 168 g/mol. The van der Waals surface area contributed by atoms with Crippen LogP contribution in [0.2, 0.25) is 0 Å². The van der Waals surface area contributed by atoms with E-state index in [1.807, 2.05) is 0 Å². The lowest BCUT2D eigenvalue weighted by Gasteiger charge is -2.33. The number of nitrogens with zero attached hydrogens (tertiary/aromatic N) is 1. The molecule has 70 valence electrons. The van der Waals surface area contributed by atoms with Crippen LogP contribution in [0.1, 0.15) is 26.2 Å². The molecular weight excluding hydrogens is 148 g/mol. The maximum atomic E-state index is 3.45. The van der Waals surface area contributed by atoms with E-state index >= 15 is 0 Å². The fourth-order valence-corrected chi connectivity index (χ4v) is 2.85. The molecular formula is C10H20N2. The van der Waals surface area contributed by atoms with Crippen molar-refractivity contribution in [3.8, 4) is 0 Å². The molecule has 0 aromatic heterocycles. The second-order valence-corrected chi connectivity index (χ2v) is 4.72. The maximum absolute atomic E-state index is 3.45. The van der Waals surface area contributed by atoms with Gasteiger partial charge < -0.3 is 10.2 Å². The van der Waals surface area contributed by atoms with Crippen LogP contribution in [0.25, 0.3) is 0 Å². The molecule has 0 saturated carbocycles. The van der Waals surface area contributed by atoms with Crippen molar-refractivity contribution >= 4 is 0 Å². The summed E-state index contributed by atoms with van der Waals surface area (Å²) in [6.45, 7) is 6.16. The lowest BCUT2D eigenvalue weighted by atomic mass is 9.77. The molecule has 2 saturated heterocycles. The molecule has 2 aliphatic heterocycles. The fourth-order valence-electron chi connectivity index (χ4n) is 2.85. The van der Waals surface area contributed by atoms with Crippen LogP contribution in [0, 0.1) is 5.41 Å². The van der Waals surface area contributed by atoms with E-state index in [4.69, 9.17) is 0 Å². The summed E-state index contributed by atoms with van der Waals surface area (Å²) in [6, 6.07) is 0.808. The summed E-state index contributed by atoms with van der Waals surface area (Å²) in [5, 5.41) is 3.45. The Morgan fingerprint density at radius 3 is 2.50 bits per heavy atom. The van der Waals surface area contributed by atoms with Gasteiger partial charge >= 0.3 is 0 Å². The van der Waals surface area contributed by atoms with Gasteiger partial charge in [0.1, 0.15) is 0 Å². The highest BCUT2D eigenvalue weighted by Crippen LogP contribution is 2.40. The minimum Gasteiger partial charge on any atom is -0.317 e. The molecule has 0 bridgehead atoms. The molecule has 1 atom stereocenters. The average Bonchev–Trinajstić information content (AvgIpc) is 2.29. The highest BCUT2D eigenvalue weighted by molar-refractivity contribution is 4.95. The molecule has 12 heavy (non-hydrogen) atoms. The van der Waals surface area contributed by atoms with Crippen LogP contribution >= 0.6 is 0 Å². The zero-order chi connectivity index (χ0) is 8.60. The van der Waals surface area contributed by atoms with Crippen LogP contribution in [0.5, 0.6) is 0 Å². The molecule has 2 rings (SSSR count). The Morgan fingerprint density at radius 1 is 1.33 bits per heavy atom. The quantitative estimate of drug-likeness (QED) is 0.582. The molecule has 0 aromatic rings. The molecule has 2 nitrogen and oxygen atoms in total. The van der Waals surface area contributed by atoms with Crippen molar-refractivity contribution in [2.45, 2.75) is 32.2 Å². The third kappa shape index (κ3) is 1.38. The Morgan fingerprint density at radius 2 is 2.00 bits per heavy atom. The number of likely N-dealkylation sites (tertiary alicyclic amines) is 1. The van der Waals surface area contributed by atoms with Gasteiger partial charge in [0, 0.05) is 12.6 Å². The van der Waals surface area contributed by atoms with Crippen LogP contribution in [-0.4, -0.2) is 37.6 Å². The van der Waals surface area contributed by atoms with E-state index in [9.17, 15) is 0 Å². The first-order chi connectivity index (χ1) is 5.72. The largest absolute Gasteiger partial charge is 0.317 e. The number of hydrogen-bond donors (Lipinski definition) is 1. The zero-order valence-corrected chi connectivity index (χ0v) is 8.27. The molecule has 0 radical (unpaired) electrons. The van der Waals surface area contributed by atoms with Crippen molar-refractivity contribution in [1.29, 1.82) is 0 Å². The van der Waals surface area contributed by atoms with E-state index in [-0.39, 0.29) is 0 Å². The van der Waals surface area contributed by atoms with E-state index in [0.717, 1.165) is 6.04 Å². The van der Waals surface area contributed by atoms with E-state index < -0.39 is 0 Å². The Hall–Kier alpha value is -0.0800. The first-order valence-corrected chi connectivity index (χ1v) is 5.13. The summed E-state index contributed by atoms with van der Waals surface area (Å²) >= 11 is 0. The Kier molecular flexibility index (Phi) is 2.13. The number of hydrogen-bond acceptors (Lipinski definition) is 2. The highest BCUT2D eigenvalue weighted by Gasteiger charge is 2.40. The number of piperidine rings is 1. The van der Waals surface area contributed by atoms with Crippen LogP contribution < -0.4 is 5.32 Å². The van der Waals surface area contributed by atoms with Crippen LogP contribution in [-0.2, 0) is 0 Å². The second-order valence-electron chi connectivity index (χ2n) is 4.72. The standard InChI is InChI=1S/C10H20N2/c1-9-7-10(8-12(9)2)3-5-11-6-4-10/h9,11H,3-8H2,1-2H3. The zero-order valence-electron chi connectivity index (χ0n) is 8.27. The average molecular weight is 168 g/mol. The summed E-state index contributed by atoms with van der Waals surface area (Å²) in [4.78, 5) is 2.52. The van der Waals surface area contributed by atoms with Crippen LogP contribution in [0.4, 0.5) is 0 Å². The normalized spacial score (nSPS) is 36.0. The van der Waals surface area contributed by atoms with Gasteiger partial charge in [-0.2, -0.15) is 0 Å². The van der Waals surface area contributed by atoms with Gasteiger partial charge in [-0.15, -0.1) is 0 Å². The van der Waals surface area contributed by atoms with E-state index in [2.05, 4.69) is 24.2 Å². The summed E-state index contributed by atoms with van der Waals surface area (Å²) in [6.07, 6.45) is 4.20. The van der Waals surface area contributed by atoms with Crippen molar-refractivity contribution in [1.82, 2.24) is 10.2 Å². The second kappa shape index (κ2) is 3.00. The van der Waals surface area contributed by atoms with Crippen molar-refractivity contribution in [2.75, 3.05) is 26.7 Å². The molecule has 1 unspecified atom stereocenters. The van der Waals surface area contributed by atoms with Gasteiger partial charge in [0.25, 0.3) is 0 Å². The maximum Gasteiger partial charge on any atom is 0.00698 e. The van der Waals surface area contributed by atoms with Gasteiger partial charge in [0.05, 0.1) is 0 Å². The molecule has 1 N–H and O–H groups in total. The van der Waals surface area contributed by atoms with Gasteiger partial charge in [-0.3, -0.25) is 0 Å². The molecule has 2 fully saturated rings. The lowest BCUT2D eigenvalue weighted by molar-refractivity contribution is 0.207. The highest BCUT2D eigenvalue weighted by atomic mass is 15.2. The molecule has 2 heterocycles. The fraction of sp³-hybridized carbons (Fsp3) is 1.00. The van der Waals surface area contributed by atoms with Gasteiger partial charge in [0.2, 0.25) is 0 Å². The molecule has 0 aromatic carbocycles. The molecule has 2 aliphatic rings. The van der Waals surface area contributed by atoms with E-state index in [1.165, 1.54) is 38.9 Å². The molecule has 2 heteroatoms. The number of nitrogens with one attached hydrogen (secondary N) is 1. The van der Waals surface area contributed by atoms with Crippen LogP contribution in [0.15, 0.2) is 0 Å². The smallest absolute Gasteiger partial charge is 0.00698 e. The Labute approximate surface area is 75.3 Å².